The van der Waals surface area contributed by atoms with Crippen LogP contribution in [0.1, 0.15) is 37.3 Å². The summed E-state index contributed by atoms with van der Waals surface area (Å²) >= 11 is 0. The lowest BCUT2D eigenvalue weighted by molar-refractivity contribution is -0.143. The number of esters is 1. The number of rotatable bonds is 6. The third-order valence-corrected chi connectivity index (χ3v) is 5.29. The van der Waals surface area contributed by atoms with Gasteiger partial charge in [0.25, 0.3) is 0 Å². The molecule has 1 atom stereocenters. The third-order valence-electron chi connectivity index (χ3n) is 5.29. The normalized spacial score (nSPS) is 12.6. The molecule has 0 fully saturated rings. The van der Waals surface area contributed by atoms with Crippen molar-refractivity contribution in [1.29, 1.82) is 0 Å². The average molecular weight is 462 g/mol. The highest BCUT2D eigenvalue weighted by molar-refractivity contribution is 5.81. The fourth-order valence-electron chi connectivity index (χ4n) is 3.74. The molecule has 1 unspecified atom stereocenters. The maximum atomic E-state index is 13.9. The zero-order valence-corrected chi connectivity index (χ0v) is 18.3. The van der Waals surface area contributed by atoms with Gasteiger partial charge in [0, 0.05) is 6.07 Å². The van der Waals surface area contributed by atoms with Crippen LogP contribution in [0.2, 0.25) is 0 Å². The summed E-state index contributed by atoms with van der Waals surface area (Å²) in [6.45, 7) is 3.89. The first-order valence-electron chi connectivity index (χ1n) is 10.3. The Morgan fingerprint density at radius 1 is 0.818 bits per heavy atom. The predicted molar refractivity (Wildman–Crippen MR) is 116 cm³/mol. The quantitative estimate of drug-likeness (QED) is 0.278. The highest BCUT2D eigenvalue weighted by Crippen LogP contribution is 2.36. The molecule has 0 amide bonds. The fraction of sp³-hybridized carbons (Fsp3) is 0.269. The molecule has 0 aliphatic rings. The van der Waals surface area contributed by atoms with Crippen molar-refractivity contribution in [2.75, 3.05) is 7.11 Å². The zero-order chi connectivity index (χ0) is 24.3. The lowest BCUT2D eigenvalue weighted by Crippen LogP contribution is -2.16. The maximum Gasteiger partial charge on any atom is 0.416 e. The van der Waals surface area contributed by atoms with E-state index in [1.165, 1.54) is 19.2 Å². The number of hydrogen-bond acceptors (Lipinski definition) is 2. The molecule has 3 rings (SSSR count). The van der Waals surface area contributed by atoms with Gasteiger partial charge in [-0.25, -0.2) is 8.78 Å². The number of methoxy groups -OCH3 is 1. The summed E-state index contributed by atoms with van der Waals surface area (Å²) in [5, 5.41) is 0. The molecule has 2 nitrogen and oxygen atoms in total. The standard InChI is InChI=1S/C26H23F5O2/c1-15(2)8-24(25(32)33-3)20-10-17(16-4-6-21(7-5-16)26(29,30)31)9-18(11-20)19-12-22(27)14-23(28)13-19/h4-7,9-15,24H,8H2,1-3H3. The van der Waals surface area contributed by atoms with Crippen molar-refractivity contribution in [3.05, 3.63) is 83.4 Å². The Bertz CT molecular complexity index is 1110. The Hall–Kier alpha value is -3.22. The summed E-state index contributed by atoms with van der Waals surface area (Å²) in [4.78, 5) is 12.5. The minimum absolute atomic E-state index is 0.138. The van der Waals surface area contributed by atoms with Gasteiger partial charge in [0.1, 0.15) is 11.6 Å². The first kappa shape index (κ1) is 24.4. The average Bonchev–Trinajstić information content (AvgIpc) is 2.75. The molecule has 0 saturated carbocycles. The summed E-state index contributed by atoms with van der Waals surface area (Å²) in [7, 11) is 1.28. The van der Waals surface area contributed by atoms with E-state index in [9.17, 15) is 26.7 Å². The number of halogens is 5. The van der Waals surface area contributed by atoms with E-state index in [2.05, 4.69) is 0 Å². The predicted octanol–water partition coefficient (Wildman–Crippen LogP) is 7.62. The molecule has 7 heteroatoms. The van der Waals surface area contributed by atoms with Crippen molar-refractivity contribution in [3.63, 3.8) is 0 Å². The van der Waals surface area contributed by atoms with Crippen molar-refractivity contribution in [1.82, 2.24) is 0 Å². The summed E-state index contributed by atoms with van der Waals surface area (Å²) in [5.41, 5.74) is 1.42. The second-order valence-electron chi connectivity index (χ2n) is 8.28. The Labute approximate surface area is 189 Å². The molecule has 0 radical (unpaired) electrons. The van der Waals surface area contributed by atoms with Gasteiger partial charge in [-0.1, -0.05) is 38.1 Å². The van der Waals surface area contributed by atoms with E-state index in [1.807, 2.05) is 13.8 Å². The molecular formula is C26H23F5O2. The van der Waals surface area contributed by atoms with E-state index < -0.39 is 35.3 Å². The second-order valence-corrected chi connectivity index (χ2v) is 8.28. The van der Waals surface area contributed by atoms with Crippen LogP contribution in [0.5, 0.6) is 0 Å². The zero-order valence-electron chi connectivity index (χ0n) is 18.3. The van der Waals surface area contributed by atoms with Crippen LogP contribution in [0.3, 0.4) is 0 Å². The summed E-state index contributed by atoms with van der Waals surface area (Å²) in [6, 6.07) is 12.6. The number of benzene rings is 3. The SMILES string of the molecule is COC(=O)C(CC(C)C)c1cc(-c2ccc(C(F)(F)F)cc2)cc(-c2cc(F)cc(F)c2)c1. The molecule has 0 aromatic heterocycles. The first-order valence-corrected chi connectivity index (χ1v) is 10.3. The van der Waals surface area contributed by atoms with Crippen LogP contribution >= 0.6 is 0 Å². The summed E-state index contributed by atoms with van der Waals surface area (Å²) in [5.74, 6) is -2.51. The molecular weight excluding hydrogens is 439 g/mol. The van der Waals surface area contributed by atoms with Crippen LogP contribution in [0.4, 0.5) is 22.0 Å². The Morgan fingerprint density at radius 3 is 1.82 bits per heavy atom. The number of carbonyl (C=O) groups is 1. The molecule has 0 heterocycles. The van der Waals surface area contributed by atoms with Gasteiger partial charge in [0.2, 0.25) is 0 Å². The van der Waals surface area contributed by atoms with Crippen LogP contribution in [-0.2, 0) is 15.7 Å². The molecule has 0 bridgehead atoms. The van der Waals surface area contributed by atoms with Gasteiger partial charge in [0.15, 0.2) is 0 Å². The van der Waals surface area contributed by atoms with Crippen LogP contribution in [-0.4, -0.2) is 13.1 Å². The number of alkyl halides is 3. The van der Waals surface area contributed by atoms with E-state index in [0.717, 1.165) is 30.3 Å². The molecule has 33 heavy (non-hydrogen) atoms. The molecule has 0 saturated heterocycles. The van der Waals surface area contributed by atoms with Crippen LogP contribution in [0, 0.1) is 17.6 Å². The first-order chi connectivity index (χ1) is 15.5. The molecule has 0 spiro atoms. The topological polar surface area (TPSA) is 26.3 Å². The van der Waals surface area contributed by atoms with Crippen molar-refractivity contribution < 1.29 is 31.5 Å². The molecule has 3 aromatic carbocycles. The van der Waals surface area contributed by atoms with Crippen LogP contribution in [0.15, 0.2) is 60.7 Å². The Morgan fingerprint density at radius 2 is 1.33 bits per heavy atom. The summed E-state index contributed by atoms with van der Waals surface area (Å²) < 4.78 is 71.7. The van der Waals surface area contributed by atoms with Gasteiger partial charge >= 0.3 is 12.1 Å². The third kappa shape index (κ3) is 5.97. The van der Waals surface area contributed by atoms with Crippen LogP contribution < -0.4 is 0 Å². The molecule has 0 N–H and O–H groups in total. The van der Waals surface area contributed by atoms with Crippen molar-refractivity contribution in [2.24, 2.45) is 5.92 Å². The van der Waals surface area contributed by atoms with Crippen molar-refractivity contribution in [3.8, 4) is 22.3 Å². The van der Waals surface area contributed by atoms with Gasteiger partial charge in [-0.15, -0.1) is 0 Å². The molecule has 174 valence electrons. The Kier molecular flexibility index (Phi) is 7.20. The van der Waals surface area contributed by atoms with Crippen LogP contribution in [0.25, 0.3) is 22.3 Å². The molecule has 0 aliphatic carbocycles. The lowest BCUT2D eigenvalue weighted by Gasteiger charge is -2.20. The fourth-order valence-corrected chi connectivity index (χ4v) is 3.74. The molecule has 3 aromatic rings. The van der Waals surface area contributed by atoms with Gasteiger partial charge in [0.05, 0.1) is 18.6 Å². The van der Waals surface area contributed by atoms with Gasteiger partial charge in [-0.3, -0.25) is 4.79 Å². The smallest absolute Gasteiger partial charge is 0.416 e. The van der Waals surface area contributed by atoms with Gasteiger partial charge < -0.3 is 4.74 Å². The van der Waals surface area contributed by atoms with Crippen molar-refractivity contribution >= 4 is 5.97 Å². The second kappa shape index (κ2) is 9.73. The number of ether oxygens (including phenoxy) is 1. The minimum Gasteiger partial charge on any atom is -0.469 e. The van der Waals surface area contributed by atoms with E-state index in [0.29, 0.717) is 28.7 Å². The minimum atomic E-state index is -4.47. The van der Waals surface area contributed by atoms with E-state index in [-0.39, 0.29) is 11.5 Å². The maximum absolute atomic E-state index is 13.9. The highest BCUT2D eigenvalue weighted by atomic mass is 19.4. The number of carbonyl (C=O) groups excluding carboxylic acids is 1. The van der Waals surface area contributed by atoms with Gasteiger partial charge in [-0.2, -0.15) is 13.2 Å². The van der Waals surface area contributed by atoms with Gasteiger partial charge in [-0.05, 0) is 70.5 Å². The molecule has 0 aliphatic heterocycles. The lowest BCUT2D eigenvalue weighted by atomic mass is 9.86. The highest BCUT2D eigenvalue weighted by Gasteiger charge is 2.30. The number of hydrogen-bond donors (Lipinski definition) is 0. The monoisotopic (exact) mass is 462 g/mol. The summed E-state index contributed by atoms with van der Waals surface area (Å²) in [6.07, 6.45) is -4.02. The largest absolute Gasteiger partial charge is 0.469 e. The Balaban J connectivity index is 2.20. The van der Waals surface area contributed by atoms with E-state index in [1.54, 1.807) is 18.2 Å². The van der Waals surface area contributed by atoms with Crippen molar-refractivity contribution in [2.45, 2.75) is 32.4 Å². The van der Waals surface area contributed by atoms with E-state index >= 15 is 0 Å². The van der Waals surface area contributed by atoms with E-state index in [4.69, 9.17) is 4.74 Å².